The van der Waals surface area contributed by atoms with Gasteiger partial charge in [-0.2, -0.15) is 5.10 Å². The molecular formula is C11H18FN3. The van der Waals surface area contributed by atoms with E-state index in [1.165, 1.54) is 0 Å². The maximum absolute atomic E-state index is 12.9. The van der Waals surface area contributed by atoms with Gasteiger partial charge in [-0.3, -0.25) is 4.68 Å². The third-order valence-electron chi connectivity index (χ3n) is 3.04. The Balaban J connectivity index is 1.85. The molecule has 1 heterocycles. The number of halogens is 1. The molecule has 84 valence electrons. The van der Waals surface area contributed by atoms with Gasteiger partial charge in [-0.05, 0) is 32.3 Å². The van der Waals surface area contributed by atoms with Gasteiger partial charge in [-0.25, -0.2) is 4.39 Å². The highest BCUT2D eigenvalue weighted by atomic mass is 19.1. The van der Waals surface area contributed by atoms with E-state index >= 15 is 0 Å². The fourth-order valence-corrected chi connectivity index (χ4v) is 2.19. The average molecular weight is 211 g/mol. The number of alkyl halides is 1. The third-order valence-corrected chi connectivity index (χ3v) is 3.04. The van der Waals surface area contributed by atoms with Crippen LogP contribution in [0.1, 0.15) is 30.7 Å². The quantitative estimate of drug-likeness (QED) is 0.825. The molecule has 0 aliphatic heterocycles. The fourth-order valence-electron chi connectivity index (χ4n) is 2.19. The SMILES string of the molecule is Cc1cc(CN[C@@H]2CC[C@@H](F)C2)n(C)n1. The highest BCUT2D eigenvalue weighted by molar-refractivity contribution is 5.08. The highest BCUT2D eigenvalue weighted by Gasteiger charge is 2.23. The molecule has 0 radical (unpaired) electrons. The minimum absolute atomic E-state index is 0.343. The molecule has 0 unspecified atom stereocenters. The molecule has 0 spiro atoms. The molecule has 0 bridgehead atoms. The van der Waals surface area contributed by atoms with Crippen LogP contribution in [0, 0.1) is 6.92 Å². The van der Waals surface area contributed by atoms with Crippen molar-refractivity contribution >= 4 is 0 Å². The van der Waals surface area contributed by atoms with Crippen LogP contribution in [0.15, 0.2) is 6.07 Å². The predicted octanol–water partition coefficient (Wildman–Crippen LogP) is 1.71. The third kappa shape index (κ3) is 2.56. The lowest BCUT2D eigenvalue weighted by molar-refractivity contribution is 0.333. The normalized spacial score (nSPS) is 26.1. The number of nitrogens with one attached hydrogen (secondary N) is 1. The molecule has 1 saturated carbocycles. The van der Waals surface area contributed by atoms with E-state index in [1.807, 2.05) is 18.7 Å². The Kier molecular flexibility index (Phi) is 3.05. The first-order valence-corrected chi connectivity index (χ1v) is 5.52. The summed E-state index contributed by atoms with van der Waals surface area (Å²) in [5, 5.41) is 7.66. The van der Waals surface area contributed by atoms with Crippen LogP contribution >= 0.6 is 0 Å². The van der Waals surface area contributed by atoms with Gasteiger partial charge in [0, 0.05) is 19.6 Å². The van der Waals surface area contributed by atoms with E-state index in [0.29, 0.717) is 18.9 Å². The van der Waals surface area contributed by atoms with E-state index < -0.39 is 6.17 Å². The highest BCUT2D eigenvalue weighted by Crippen LogP contribution is 2.22. The molecule has 1 N–H and O–H groups in total. The molecule has 3 nitrogen and oxygen atoms in total. The Morgan fingerprint density at radius 1 is 1.60 bits per heavy atom. The van der Waals surface area contributed by atoms with Crippen LogP contribution in [0.2, 0.25) is 0 Å². The molecule has 4 heteroatoms. The summed E-state index contributed by atoms with van der Waals surface area (Å²) >= 11 is 0. The van der Waals surface area contributed by atoms with E-state index in [2.05, 4.69) is 16.5 Å². The number of aryl methyl sites for hydroxylation is 2. The van der Waals surface area contributed by atoms with Gasteiger partial charge in [0.1, 0.15) is 6.17 Å². The summed E-state index contributed by atoms with van der Waals surface area (Å²) in [6, 6.07) is 2.41. The first-order valence-electron chi connectivity index (χ1n) is 5.52. The second kappa shape index (κ2) is 4.31. The molecule has 0 saturated heterocycles. The molecule has 0 aromatic carbocycles. The smallest absolute Gasteiger partial charge is 0.102 e. The second-order valence-corrected chi connectivity index (χ2v) is 4.39. The van der Waals surface area contributed by atoms with Crippen LogP contribution in [0.5, 0.6) is 0 Å². The number of hydrogen-bond donors (Lipinski definition) is 1. The van der Waals surface area contributed by atoms with Crippen molar-refractivity contribution in [1.82, 2.24) is 15.1 Å². The fraction of sp³-hybridized carbons (Fsp3) is 0.727. The average Bonchev–Trinajstić information content (AvgIpc) is 2.70. The standard InChI is InChI=1S/C11H18FN3/c1-8-5-11(15(2)14-8)7-13-10-4-3-9(12)6-10/h5,9-10,13H,3-4,6-7H2,1-2H3/t9-,10-/m1/s1. The number of nitrogens with zero attached hydrogens (tertiary/aromatic N) is 2. The van der Waals surface area contributed by atoms with Crippen LogP contribution in [0.4, 0.5) is 4.39 Å². The van der Waals surface area contributed by atoms with Gasteiger partial charge < -0.3 is 5.32 Å². The number of aromatic nitrogens is 2. The summed E-state index contributed by atoms with van der Waals surface area (Å²) in [5.74, 6) is 0. The number of hydrogen-bond acceptors (Lipinski definition) is 2. The summed E-state index contributed by atoms with van der Waals surface area (Å²) in [7, 11) is 1.94. The van der Waals surface area contributed by atoms with Gasteiger partial charge in [0.2, 0.25) is 0 Å². The Morgan fingerprint density at radius 3 is 2.93 bits per heavy atom. The van der Waals surface area contributed by atoms with Crippen molar-refractivity contribution < 1.29 is 4.39 Å². The maximum Gasteiger partial charge on any atom is 0.102 e. The molecule has 0 amide bonds. The summed E-state index contributed by atoms with van der Waals surface area (Å²) < 4.78 is 14.8. The van der Waals surface area contributed by atoms with Gasteiger partial charge in [0.25, 0.3) is 0 Å². The van der Waals surface area contributed by atoms with E-state index in [4.69, 9.17) is 0 Å². The van der Waals surface area contributed by atoms with Crippen molar-refractivity contribution in [1.29, 1.82) is 0 Å². The van der Waals surface area contributed by atoms with Crippen molar-refractivity contribution in [3.63, 3.8) is 0 Å². The van der Waals surface area contributed by atoms with Gasteiger partial charge in [-0.1, -0.05) is 0 Å². The minimum Gasteiger partial charge on any atom is -0.308 e. The van der Waals surface area contributed by atoms with Crippen molar-refractivity contribution in [2.45, 2.75) is 44.9 Å². The van der Waals surface area contributed by atoms with Crippen LogP contribution in [0.3, 0.4) is 0 Å². The molecule has 1 fully saturated rings. The first-order chi connectivity index (χ1) is 7.15. The Hall–Kier alpha value is -0.900. The first kappa shape index (κ1) is 10.6. The molecule has 2 rings (SSSR count). The lowest BCUT2D eigenvalue weighted by Gasteiger charge is -2.11. The van der Waals surface area contributed by atoms with Crippen molar-refractivity contribution in [3.05, 3.63) is 17.5 Å². The van der Waals surface area contributed by atoms with Gasteiger partial charge in [-0.15, -0.1) is 0 Å². The maximum atomic E-state index is 12.9. The van der Waals surface area contributed by atoms with Crippen LogP contribution in [-0.4, -0.2) is 22.0 Å². The second-order valence-electron chi connectivity index (χ2n) is 4.39. The Labute approximate surface area is 89.7 Å². The van der Waals surface area contributed by atoms with Gasteiger partial charge in [0.15, 0.2) is 0 Å². The van der Waals surface area contributed by atoms with Gasteiger partial charge >= 0.3 is 0 Å². The summed E-state index contributed by atoms with van der Waals surface area (Å²) in [5.41, 5.74) is 2.19. The van der Waals surface area contributed by atoms with E-state index in [-0.39, 0.29) is 0 Å². The van der Waals surface area contributed by atoms with Gasteiger partial charge in [0.05, 0.1) is 11.4 Å². The van der Waals surface area contributed by atoms with E-state index in [1.54, 1.807) is 0 Å². The lowest BCUT2D eigenvalue weighted by Crippen LogP contribution is -2.27. The zero-order valence-corrected chi connectivity index (χ0v) is 9.33. The molecule has 2 atom stereocenters. The number of rotatable bonds is 3. The van der Waals surface area contributed by atoms with E-state index in [0.717, 1.165) is 24.4 Å². The zero-order chi connectivity index (χ0) is 10.8. The molecule has 1 aromatic heterocycles. The molecule has 1 aliphatic carbocycles. The minimum atomic E-state index is -0.601. The predicted molar refractivity (Wildman–Crippen MR) is 57.3 cm³/mol. The molecule has 15 heavy (non-hydrogen) atoms. The molecule has 1 aromatic rings. The Morgan fingerprint density at radius 2 is 2.40 bits per heavy atom. The van der Waals surface area contributed by atoms with Crippen LogP contribution in [0.25, 0.3) is 0 Å². The van der Waals surface area contributed by atoms with Crippen molar-refractivity contribution in [2.75, 3.05) is 0 Å². The van der Waals surface area contributed by atoms with E-state index in [9.17, 15) is 4.39 Å². The largest absolute Gasteiger partial charge is 0.308 e. The summed E-state index contributed by atoms with van der Waals surface area (Å²) in [6.45, 7) is 2.77. The summed E-state index contributed by atoms with van der Waals surface area (Å²) in [6.07, 6.45) is 1.73. The monoisotopic (exact) mass is 211 g/mol. The molecule has 1 aliphatic rings. The molecular weight excluding hydrogens is 193 g/mol. The van der Waals surface area contributed by atoms with Crippen LogP contribution < -0.4 is 5.32 Å². The lowest BCUT2D eigenvalue weighted by atomic mass is 10.2. The Bertz CT molecular complexity index is 335. The van der Waals surface area contributed by atoms with Crippen molar-refractivity contribution in [3.8, 4) is 0 Å². The summed E-state index contributed by atoms with van der Waals surface area (Å²) in [4.78, 5) is 0. The van der Waals surface area contributed by atoms with Crippen molar-refractivity contribution in [2.24, 2.45) is 7.05 Å². The topological polar surface area (TPSA) is 29.9 Å². The van der Waals surface area contributed by atoms with Crippen LogP contribution in [-0.2, 0) is 13.6 Å². The zero-order valence-electron chi connectivity index (χ0n) is 9.33.